The van der Waals surface area contributed by atoms with Crippen LogP contribution in [0.15, 0.2) is 53.0 Å². The first-order valence-corrected chi connectivity index (χ1v) is 7.11. The molecule has 2 unspecified atom stereocenters. The fourth-order valence-corrected chi connectivity index (χ4v) is 2.74. The van der Waals surface area contributed by atoms with Gasteiger partial charge in [0.15, 0.2) is 0 Å². The largest absolute Gasteiger partial charge is 0.324 e. The van der Waals surface area contributed by atoms with E-state index in [1.54, 1.807) is 6.07 Å². The van der Waals surface area contributed by atoms with Gasteiger partial charge in [-0.25, -0.2) is 4.39 Å². The second-order valence-electron chi connectivity index (χ2n) is 4.90. The number of benzene rings is 2. The second kappa shape index (κ2) is 6.31. The van der Waals surface area contributed by atoms with E-state index in [1.807, 2.05) is 36.4 Å². The minimum Gasteiger partial charge on any atom is -0.324 e. The lowest BCUT2D eigenvalue weighted by Gasteiger charge is -2.20. The van der Waals surface area contributed by atoms with Gasteiger partial charge in [0.05, 0.1) is 0 Å². The van der Waals surface area contributed by atoms with Gasteiger partial charge in [0.1, 0.15) is 5.82 Å². The highest BCUT2D eigenvalue weighted by Gasteiger charge is 2.15. The van der Waals surface area contributed by atoms with Gasteiger partial charge in [-0.1, -0.05) is 53.2 Å². The van der Waals surface area contributed by atoms with Crippen molar-refractivity contribution in [3.8, 4) is 0 Å². The van der Waals surface area contributed by atoms with Crippen molar-refractivity contribution in [1.29, 1.82) is 0 Å². The molecule has 0 fully saturated rings. The highest BCUT2D eigenvalue weighted by Crippen LogP contribution is 2.24. The summed E-state index contributed by atoms with van der Waals surface area (Å²) < 4.78 is 14.1. The SMILES string of the molecule is CC(Cc1cc(F)cc(Br)c1)C(N)c1ccccc1. The molecule has 2 rings (SSSR count). The van der Waals surface area contributed by atoms with Crippen molar-refractivity contribution in [2.45, 2.75) is 19.4 Å². The van der Waals surface area contributed by atoms with Gasteiger partial charge in [-0.2, -0.15) is 0 Å². The Kier molecular flexibility index (Phi) is 4.72. The Morgan fingerprint density at radius 2 is 1.84 bits per heavy atom. The molecule has 0 heterocycles. The van der Waals surface area contributed by atoms with Gasteiger partial charge >= 0.3 is 0 Å². The van der Waals surface area contributed by atoms with Gasteiger partial charge in [0.2, 0.25) is 0 Å². The Hall–Kier alpha value is -1.19. The zero-order valence-electron chi connectivity index (χ0n) is 10.8. The summed E-state index contributed by atoms with van der Waals surface area (Å²) in [6, 6.07) is 14.9. The summed E-state index contributed by atoms with van der Waals surface area (Å²) >= 11 is 3.31. The highest BCUT2D eigenvalue weighted by atomic mass is 79.9. The molecule has 0 saturated heterocycles. The van der Waals surface area contributed by atoms with Crippen LogP contribution in [0.2, 0.25) is 0 Å². The standard InChI is InChI=1S/C16H17BrFN/c1-11(16(19)13-5-3-2-4-6-13)7-12-8-14(17)10-15(18)9-12/h2-6,8-11,16H,7,19H2,1H3. The summed E-state index contributed by atoms with van der Waals surface area (Å²) in [5, 5.41) is 0. The molecule has 0 aromatic heterocycles. The zero-order chi connectivity index (χ0) is 13.8. The van der Waals surface area contributed by atoms with E-state index < -0.39 is 0 Å². The molecule has 3 heteroatoms. The normalized spacial score (nSPS) is 14.1. The van der Waals surface area contributed by atoms with Gasteiger partial charge in [-0.05, 0) is 41.7 Å². The molecule has 0 aliphatic heterocycles. The first kappa shape index (κ1) is 14.2. The predicted octanol–water partition coefficient (Wildman–Crippen LogP) is 4.47. The fourth-order valence-electron chi connectivity index (χ4n) is 2.23. The summed E-state index contributed by atoms with van der Waals surface area (Å²) in [7, 11) is 0. The molecule has 100 valence electrons. The Morgan fingerprint density at radius 3 is 2.47 bits per heavy atom. The quantitative estimate of drug-likeness (QED) is 0.883. The molecule has 2 atom stereocenters. The summed E-state index contributed by atoms with van der Waals surface area (Å²) in [4.78, 5) is 0. The van der Waals surface area contributed by atoms with Crippen LogP contribution in [0.25, 0.3) is 0 Å². The van der Waals surface area contributed by atoms with Gasteiger partial charge < -0.3 is 5.73 Å². The maximum absolute atomic E-state index is 13.3. The van der Waals surface area contributed by atoms with Gasteiger partial charge in [0.25, 0.3) is 0 Å². The minimum absolute atomic E-state index is 0.0387. The van der Waals surface area contributed by atoms with Gasteiger partial charge in [-0.15, -0.1) is 0 Å². The highest BCUT2D eigenvalue weighted by molar-refractivity contribution is 9.10. The number of halogens is 2. The van der Waals surface area contributed by atoms with Crippen LogP contribution in [-0.4, -0.2) is 0 Å². The van der Waals surface area contributed by atoms with E-state index in [2.05, 4.69) is 22.9 Å². The number of rotatable bonds is 4. The second-order valence-corrected chi connectivity index (χ2v) is 5.81. The maximum Gasteiger partial charge on any atom is 0.124 e. The molecular formula is C16H17BrFN. The molecule has 0 aliphatic carbocycles. The van der Waals surface area contributed by atoms with E-state index in [-0.39, 0.29) is 17.8 Å². The third kappa shape index (κ3) is 3.88. The fraction of sp³-hybridized carbons (Fsp3) is 0.250. The average molecular weight is 322 g/mol. The molecule has 0 aliphatic rings. The van der Waals surface area contributed by atoms with Crippen LogP contribution >= 0.6 is 15.9 Å². The van der Waals surface area contributed by atoms with Crippen LogP contribution in [0, 0.1) is 11.7 Å². The molecule has 1 nitrogen and oxygen atoms in total. The zero-order valence-corrected chi connectivity index (χ0v) is 12.4. The number of hydrogen-bond donors (Lipinski definition) is 1. The van der Waals surface area contributed by atoms with Crippen LogP contribution in [0.3, 0.4) is 0 Å². The average Bonchev–Trinajstić information content (AvgIpc) is 2.37. The molecule has 2 aromatic rings. The van der Waals surface area contributed by atoms with E-state index >= 15 is 0 Å². The monoisotopic (exact) mass is 321 g/mol. The van der Waals surface area contributed by atoms with E-state index in [0.29, 0.717) is 0 Å². The summed E-state index contributed by atoms with van der Waals surface area (Å²) in [5.74, 6) is 0.0287. The van der Waals surface area contributed by atoms with Crippen LogP contribution in [-0.2, 0) is 6.42 Å². The first-order chi connectivity index (χ1) is 9.06. The molecule has 0 spiro atoms. The summed E-state index contributed by atoms with van der Waals surface area (Å²) in [6.07, 6.45) is 0.756. The molecule has 2 N–H and O–H groups in total. The number of hydrogen-bond acceptors (Lipinski definition) is 1. The summed E-state index contributed by atoms with van der Waals surface area (Å²) in [6.45, 7) is 2.09. The Bertz CT molecular complexity index is 521. The number of nitrogens with two attached hydrogens (primary N) is 1. The van der Waals surface area contributed by atoms with Crippen molar-refractivity contribution in [2.24, 2.45) is 11.7 Å². The molecule has 19 heavy (non-hydrogen) atoms. The molecule has 0 bridgehead atoms. The van der Waals surface area contributed by atoms with Gasteiger partial charge in [-0.3, -0.25) is 0 Å². The topological polar surface area (TPSA) is 26.0 Å². The third-order valence-corrected chi connectivity index (χ3v) is 3.74. The van der Waals surface area contributed by atoms with Crippen molar-refractivity contribution in [3.05, 3.63) is 69.9 Å². The third-order valence-electron chi connectivity index (χ3n) is 3.28. The van der Waals surface area contributed by atoms with Crippen LogP contribution in [0.5, 0.6) is 0 Å². The Morgan fingerprint density at radius 1 is 1.16 bits per heavy atom. The minimum atomic E-state index is -0.218. The van der Waals surface area contributed by atoms with Crippen molar-refractivity contribution in [1.82, 2.24) is 0 Å². The van der Waals surface area contributed by atoms with E-state index in [4.69, 9.17) is 5.73 Å². The van der Waals surface area contributed by atoms with Crippen LogP contribution in [0.1, 0.15) is 24.1 Å². The van der Waals surface area contributed by atoms with Crippen molar-refractivity contribution >= 4 is 15.9 Å². The maximum atomic E-state index is 13.3. The van der Waals surface area contributed by atoms with E-state index in [9.17, 15) is 4.39 Å². The molecule has 0 amide bonds. The lowest BCUT2D eigenvalue weighted by molar-refractivity contribution is 0.467. The van der Waals surface area contributed by atoms with Crippen molar-refractivity contribution in [2.75, 3.05) is 0 Å². The molecule has 2 aromatic carbocycles. The van der Waals surface area contributed by atoms with Crippen molar-refractivity contribution < 1.29 is 4.39 Å². The van der Waals surface area contributed by atoms with Crippen molar-refractivity contribution in [3.63, 3.8) is 0 Å². The predicted molar refractivity (Wildman–Crippen MR) is 80.3 cm³/mol. The Balaban J connectivity index is 2.10. The lowest BCUT2D eigenvalue weighted by atomic mass is 9.90. The summed E-state index contributed by atoms with van der Waals surface area (Å²) in [5.41, 5.74) is 8.34. The van der Waals surface area contributed by atoms with E-state index in [1.165, 1.54) is 6.07 Å². The molecule has 0 saturated carbocycles. The first-order valence-electron chi connectivity index (χ1n) is 6.32. The van der Waals surface area contributed by atoms with Crippen LogP contribution in [0.4, 0.5) is 4.39 Å². The lowest BCUT2D eigenvalue weighted by Crippen LogP contribution is -2.20. The van der Waals surface area contributed by atoms with Crippen LogP contribution < -0.4 is 5.73 Å². The smallest absolute Gasteiger partial charge is 0.124 e. The van der Waals surface area contributed by atoms with E-state index in [0.717, 1.165) is 22.0 Å². The van der Waals surface area contributed by atoms with Gasteiger partial charge in [0, 0.05) is 10.5 Å². The Labute approximate surface area is 121 Å². The molecular weight excluding hydrogens is 305 g/mol. The molecule has 0 radical (unpaired) electrons.